The zero-order valence-electron chi connectivity index (χ0n) is 8.93. The van der Waals surface area contributed by atoms with Gasteiger partial charge in [-0.15, -0.1) is 0 Å². The maximum Gasteiger partial charge on any atom is 0.257 e. The van der Waals surface area contributed by atoms with Crippen LogP contribution in [0.5, 0.6) is 0 Å². The van der Waals surface area contributed by atoms with Gasteiger partial charge in [-0.05, 0) is 18.4 Å². The van der Waals surface area contributed by atoms with Gasteiger partial charge < -0.3 is 5.11 Å². The van der Waals surface area contributed by atoms with E-state index >= 15 is 0 Å². The molecule has 1 aromatic heterocycles. The van der Waals surface area contributed by atoms with Crippen molar-refractivity contribution in [1.29, 1.82) is 0 Å². The topological polar surface area (TPSA) is 95.1 Å². The van der Waals surface area contributed by atoms with E-state index in [0.29, 0.717) is 6.54 Å². The predicted molar refractivity (Wildman–Crippen MR) is 62.7 cm³/mol. The van der Waals surface area contributed by atoms with Gasteiger partial charge in [0.05, 0.1) is 12.8 Å². The second-order valence-electron chi connectivity index (χ2n) is 3.13. The predicted octanol–water partition coefficient (Wildman–Crippen LogP) is -0.0666. The smallest absolute Gasteiger partial charge is 0.257 e. The summed E-state index contributed by atoms with van der Waals surface area (Å²) in [5.74, 6) is 0.901. The van der Waals surface area contributed by atoms with E-state index in [1.165, 1.54) is 6.20 Å². The Hall–Kier alpha value is -0.570. The van der Waals surface area contributed by atoms with Crippen molar-refractivity contribution in [1.82, 2.24) is 14.9 Å². The van der Waals surface area contributed by atoms with Gasteiger partial charge in [0.1, 0.15) is 0 Å². The minimum atomic E-state index is -3.58. The molecule has 8 heteroatoms. The van der Waals surface area contributed by atoms with Crippen LogP contribution in [0, 0.1) is 0 Å². The molecule has 0 amide bonds. The van der Waals surface area contributed by atoms with Gasteiger partial charge in [-0.1, -0.05) is 0 Å². The van der Waals surface area contributed by atoms with Gasteiger partial charge >= 0.3 is 0 Å². The molecule has 0 aliphatic heterocycles. The normalized spacial score (nSPS) is 11.9. The first-order valence-electron chi connectivity index (χ1n) is 4.73. The maximum atomic E-state index is 11.7. The summed E-state index contributed by atoms with van der Waals surface area (Å²) in [6.45, 7) is 0.0324. The number of aliphatic hydroxyl groups is 1. The van der Waals surface area contributed by atoms with Crippen molar-refractivity contribution in [2.24, 2.45) is 0 Å². The van der Waals surface area contributed by atoms with Crippen LogP contribution < -0.4 is 4.72 Å². The van der Waals surface area contributed by atoms with E-state index in [1.807, 2.05) is 6.26 Å². The molecule has 0 saturated carbocycles. The Morgan fingerprint density at radius 2 is 2.38 bits per heavy atom. The van der Waals surface area contributed by atoms with E-state index in [0.717, 1.165) is 12.2 Å². The molecule has 0 aromatic carbocycles. The van der Waals surface area contributed by atoms with Crippen molar-refractivity contribution in [3.63, 3.8) is 0 Å². The van der Waals surface area contributed by atoms with Gasteiger partial charge in [0.2, 0.25) is 0 Å². The number of sulfonamides is 1. The summed E-state index contributed by atoms with van der Waals surface area (Å²) < 4.78 is 25.9. The Labute approximate surface area is 98.9 Å². The number of hydrogen-bond donors (Lipinski definition) is 3. The van der Waals surface area contributed by atoms with Crippen molar-refractivity contribution in [2.45, 2.75) is 18.1 Å². The molecule has 0 spiro atoms. The minimum absolute atomic E-state index is 0.0563. The standard InChI is InChI=1S/C8H15N3O3S2/c1-15-4-2-3-10-16(13,14)8-7(6-12)5-9-11-8/h5,10,12H,2-4,6H2,1H3,(H,9,11). The fourth-order valence-electron chi connectivity index (χ4n) is 1.14. The highest BCUT2D eigenvalue weighted by atomic mass is 32.2. The molecule has 0 aliphatic carbocycles. The Kier molecular flexibility index (Phi) is 5.26. The van der Waals surface area contributed by atoms with Crippen LogP contribution in [0.4, 0.5) is 0 Å². The molecule has 0 saturated heterocycles. The van der Waals surface area contributed by atoms with Crippen molar-refractivity contribution >= 4 is 21.8 Å². The molecule has 1 heterocycles. The lowest BCUT2D eigenvalue weighted by atomic mass is 10.4. The summed E-state index contributed by atoms with van der Waals surface area (Å²) in [4.78, 5) is 0. The first-order chi connectivity index (χ1) is 7.61. The molecule has 3 N–H and O–H groups in total. The van der Waals surface area contributed by atoms with Crippen LogP contribution in [0.15, 0.2) is 11.2 Å². The lowest BCUT2D eigenvalue weighted by Crippen LogP contribution is -2.26. The Morgan fingerprint density at radius 1 is 1.62 bits per heavy atom. The van der Waals surface area contributed by atoms with Gasteiger partial charge in [-0.2, -0.15) is 16.9 Å². The van der Waals surface area contributed by atoms with Crippen LogP contribution in [0.25, 0.3) is 0 Å². The van der Waals surface area contributed by atoms with Crippen molar-refractivity contribution in [3.8, 4) is 0 Å². The molecule has 0 atom stereocenters. The number of H-pyrrole nitrogens is 1. The molecule has 0 bridgehead atoms. The van der Waals surface area contributed by atoms with E-state index in [4.69, 9.17) is 5.11 Å². The number of hydrogen-bond acceptors (Lipinski definition) is 5. The summed E-state index contributed by atoms with van der Waals surface area (Å²) in [5.41, 5.74) is 0.275. The highest BCUT2D eigenvalue weighted by Gasteiger charge is 2.19. The third-order valence-electron chi connectivity index (χ3n) is 1.93. The van der Waals surface area contributed by atoms with Gasteiger partial charge in [0, 0.05) is 12.1 Å². The Morgan fingerprint density at radius 3 is 3.00 bits per heavy atom. The van der Waals surface area contributed by atoms with Gasteiger partial charge in [0.15, 0.2) is 5.03 Å². The average molecular weight is 265 g/mol. The number of thioether (sulfide) groups is 1. The van der Waals surface area contributed by atoms with Crippen molar-refractivity contribution in [3.05, 3.63) is 11.8 Å². The number of aliphatic hydroxyl groups excluding tert-OH is 1. The van der Waals surface area contributed by atoms with E-state index in [9.17, 15) is 8.42 Å². The van der Waals surface area contributed by atoms with Crippen LogP contribution in [0.2, 0.25) is 0 Å². The summed E-state index contributed by atoms with van der Waals surface area (Å²) in [7, 11) is -3.58. The number of rotatable bonds is 7. The first-order valence-corrected chi connectivity index (χ1v) is 7.61. The molecule has 92 valence electrons. The fourth-order valence-corrected chi connectivity index (χ4v) is 2.77. The summed E-state index contributed by atoms with van der Waals surface area (Å²) in [5, 5.41) is 14.8. The molecular weight excluding hydrogens is 250 g/mol. The highest BCUT2D eigenvalue weighted by Crippen LogP contribution is 2.11. The highest BCUT2D eigenvalue weighted by molar-refractivity contribution is 7.98. The number of aromatic nitrogens is 2. The van der Waals surface area contributed by atoms with E-state index < -0.39 is 10.0 Å². The summed E-state index contributed by atoms with van der Waals surface area (Å²) >= 11 is 1.66. The molecule has 1 aromatic rings. The third-order valence-corrected chi connectivity index (χ3v) is 4.11. The number of nitrogens with one attached hydrogen (secondary N) is 2. The minimum Gasteiger partial charge on any atom is -0.392 e. The number of aromatic amines is 1. The zero-order chi connectivity index (χ0) is 12.0. The molecule has 0 aliphatic rings. The molecule has 0 radical (unpaired) electrons. The summed E-state index contributed by atoms with van der Waals surface area (Å²) in [6.07, 6.45) is 4.03. The maximum absolute atomic E-state index is 11.7. The van der Waals surface area contributed by atoms with E-state index in [1.54, 1.807) is 11.8 Å². The third kappa shape index (κ3) is 3.48. The van der Waals surface area contributed by atoms with Crippen LogP contribution in [0.1, 0.15) is 12.0 Å². The molecule has 6 nitrogen and oxygen atoms in total. The van der Waals surface area contributed by atoms with Crippen LogP contribution in [0.3, 0.4) is 0 Å². The molecular formula is C8H15N3O3S2. The van der Waals surface area contributed by atoms with Gasteiger partial charge in [0.25, 0.3) is 10.0 Å². The van der Waals surface area contributed by atoms with Crippen LogP contribution in [-0.2, 0) is 16.6 Å². The van der Waals surface area contributed by atoms with Crippen molar-refractivity contribution in [2.75, 3.05) is 18.6 Å². The second-order valence-corrected chi connectivity index (χ2v) is 5.82. The van der Waals surface area contributed by atoms with Gasteiger partial charge in [-0.25, -0.2) is 13.1 Å². The zero-order valence-corrected chi connectivity index (χ0v) is 10.6. The SMILES string of the molecule is CSCCCNS(=O)(=O)c1[nH]ncc1CO. The number of nitrogens with zero attached hydrogens (tertiary/aromatic N) is 1. The molecule has 1 rings (SSSR count). The first kappa shape index (κ1) is 13.5. The van der Waals surface area contributed by atoms with Crippen molar-refractivity contribution < 1.29 is 13.5 Å². The van der Waals surface area contributed by atoms with Crippen LogP contribution in [-0.4, -0.2) is 42.3 Å². The van der Waals surface area contributed by atoms with E-state index in [-0.39, 0.29) is 17.2 Å². The second kappa shape index (κ2) is 6.24. The lowest BCUT2D eigenvalue weighted by Gasteiger charge is -2.05. The molecule has 0 fully saturated rings. The largest absolute Gasteiger partial charge is 0.392 e. The average Bonchev–Trinajstić information content (AvgIpc) is 2.73. The molecule has 16 heavy (non-hydrogen) atoms. The fraction of sp³-hybridized carbons (Fsp3) is 0.625. The summed E-state index contributed by atoms with van der Waals surface area (Å²) in [6, 6.07) is 0. The van der Waals surface area contributed by atoms with Crippen LogP contribution >= 0.6 is 11.8 Å². The monoisotopic (exact) mass is 265 g/mol. The molecule has 0 unspecified atom stereocenters. The Balaban J connectivity index is 2.64. The lowest BCUT2D eigenvalue weighted by molar-refractivity contribution is 0.278. The Bertz CT molecular complexity index is 416. The van der Waals surface area contributed by atoms with Gasteiger partial charge in [-0.3, -0.25) is 5.10 Å². The quantitative estimate of drug-likeness (QED) is 0.600. The van der Waals surface area contributed by atoms with E-state index in [2.05, 4.69) is 14.9 Å².